The highest BCUT2D eigenvalue weighted by molar-refractivity contribution is 6.26. The molecule has 1 aromatic heterocycles. The Hall–Kier alpha value is -2.73. The number of carbonyl (C=O) groups is 1. The molecule has 29 heavy (non-hydrogen) atoms. The van der Waals surface area contributed by atoms with Gasteiger partial charge in [0.2, 0.25) is 5.88 Å². The van der Waals surface area contributed by atoms with Crippen molar-refractivity contribution in [2.45, 2.75) is 66.1 Å². The Labute approximate surface area is 171 Å². The van der Waals surface area contributed by atoms with E-state index in [1.165, 1.54) is 0 Å². The van der Waals surface area contributed by atoms with Crippen LogP contribution < -0.4 is 4.74 Å². The van der Waals surface area contributed by atoms with Crippen molar-refractivity contribution in [2.24, 2.45) is 0 Å². The first-order chi connectivity index (χ1) is 13.5. The average molecular weight is 396 g/mol. The topological polar surface area (TPSA) is 81.5 Å². The van der Waals surface area contributed by atoms with E-state index >= 15 is 0 Å². The highest BCUT2D eigenvalue weighted by Crippen LogP contribution is 2.41. The van der Waals surface area contributed by atoms with Crippen molar-refractivity contribution in [2.75, 3.05) is 0 Å². The van der Waals surface area contributed by atoms with Crippen molar-refractivity contribution >= 4 is 11.4 Å². The SMILES string of the molecule is CCc1ccc(Oc2ncc(C)nc2C)cc1C1=C(O)C(C)(C)OC(C)(C)C1=O. The van der Waals surface area contributed by atoms with Gasteiger partial charge in [-0.15, -0.1) is 0 Å². The van der Waals surface area contributed by atoms with E-state index in [4.69, 9.17) is 9.47 Å². The minimum Gasteiger partial charge on any atom is -0.508 e. The maximum Gasteiger partial charge on any atom is 0.240 e. The zero-order valence-electron chi connectivity index (χ0n) is 18.1. The highest BCUT2D eigenvalue weighted by atomic mass is 16.5. The Balaban J connectivity index is 2.13. The molecule has 6 heteroatoms. The Kier molecular flexibility index (Phi) is 5.26. The molecule has 0 spiro atoms. The molecule has 0 saturated heterocycles. The predicted molar refractivity (Wildman–Crippen MR) is 111 cm³/mol. The van der Waals surface area contributed by atoms with E-state index in [-0.39, 0.29) is 17.1 Å². The largest absolute Gasteiger partial charge is 0.508 e. The van der Waals surface area contributed by atoms with Crippen LogP contribution in [0.2, 0.25) is 0 Å². The first-order valence-corrected chi connectivity index (χ1v) is 9.76. The van der Waals surface area contributed by atoms with Crippen LogP contribution in [0.4, 0.5) is 0 Å². The average Bonchev–Trinajstić information content (AvgIpc) is 2.62. The summed E-state index contributed by atoms with van der Waals surface area (Å²) < 4.78 is 11.8. The predicted octanol–water partition coefficient (Wildman–Crippen LogP) is 4.87. The molecule has 0 fully saturated rings. The van der Waals surface area contributed by atoms with Crippen LogP contribution in [-0.4, -0.2) is 32.1 Å². The number of hydrogen-bond donors (Lipinski definition) is 1. The first-order valence-electron chi connectivity index (χ1n) is 9.76. The van der Waals surface area contributed by atoms with E-state index in [0.29, 0.717) is 29.3 Å². The van der Waals surface area contributed by atoms with Gasteiger partial charge in [0.1, 0.15) is 28.4 Å². The smallest absolute Gasteiger partial charge is 0.240 e. The minimum absolute atomic E-state index is 0.0695. The number of nitrogens with zero attached hydrogens (tertiary/aromatic N) is 2. The van der Waals surface area contributed by atoms with E-state index < -0.39 is 11.2 Å². The normalized spacial score (nSPS) is 18.1. The fourth-order valence-corrected chi connectivity index (χ4v) is 3.65. The van der Waals surface area contributed by atoms with Gasteiger partial charge >= 0.3 is 0 Å². The van der Waals surface area contributed by atoms with Gasteiger partial charge in [0.15, 0.2) is 5.78 Å². The number of ether oxygens (including phenoxy) is 2. The molecule has 154 valence electrons. The Morgan fingerprint density at radius 1 is 1.14 bits per heavy atom. The van der Waals surface area contributed by atoms with E-state index in [9.17, 15) is 9.90 Å². The van der Waals surface area contributed by atoms with Gasteiger partial charge in [0.05, 0.1) is 17.5 Å². The van der Waals surface area contributed by atoms with Gasteiger partial charge in [-0.3, -0.25) is 9.78 Å². The zero-order valence-corrected chi connectivity index (χ0v) is 18.1. The first kappa shape index (κ1) is 21.0. The summed E-state index contributed by atoms with van der Waals surface area (Å²) in [6, 6.07) is 5.52. The summed E-state index contributed by atoms with van der Waals surface area (Å²) in [6.07, 6.45) is 2.34. The summed E-state index contributed by atoms with van der Waals surface area (Å²) >= 11 is 0. The molecule has 0 saturated carbocycles. The number of aliphatic hydroxyl groups is 1. The number of aryl methyl sites for hydroxylation is 3. The molecule has 0 atom stereocenters. The number of carbonyl (C=O) groups excluding carboxylic acids is 1. The molecule has 1 aliphatic heterocycles. The van der Waals surface area contributed by atoms with Crippen LogP contribution in [0, 0.1) is 13.8 Å². The van der Waals surface area contributed by atoms with Crippen LogP contribution in [-0.2, 0) is 16.0 Å². The molecule has 1 aliphatic rings. The summed E-state index contributed by atoms with van der Waals surface area (Å²) in [7, 11) is 0. The highest BCUT2D eigenvalue weighted by Gasteiger charge is 2.47. The second kappa shape index (κ2) is 7.26. The van der Waals surface area contributed by atoms with E-state index in [1.54, 1.807) is 40.0 Å². The van der Waals surface area contributed by atoms with Crippen LogP contribution in [0.15, 0.2) is 30.2 Å². The van der Waals surface area contributed by atoms with Gasteiger partial charge in [0, 0.05) is 0 Å². The Bertz CT molecular complexity index is 1010. The summed E-state index contributed by atoms with van der Waals surface area (Å²) in [5.74, 6) is 0.601. The molecule has 0 unspecified atom stereocenters. The number of Topliss-reactive ketones (excluding diaryl/α,β-unsaturated/α-hetero) is 1. The van der Waals surface area contributed by atoms with Crippen LogP contribution in [0.25, 0.3) is 5.57 Å². The third-order valence-electron chi connectivity index (χ3n) is 5.06. The summed E-state index contributed by atoms with van der Waals surface area (Å²) in [4.78, 5) is 21.8. The van der Waals surface area contributed by atoms with Crippen molar-refractivity contribution in [1.82, 2.24) is 9.97 Å². The summed E-state index contributed by atoms with van der Waals surface area (Å²) in [6.45, 7) is 12.7. The summed E-state index contributed by atoms with van der Waals surface area (Å²) in [5.41, 5.74) is 1.32. The van der Waals surface area contributed by atoms with Gasteiger partial charge in [-0.1, -0.05) is 13.0 Å². The summed E-state index contributed by atoms with van der Waals surface area (Å²) in [5, 5.41) is 10.9. The number of ketones is 1. The molecule has 1 N–H and O–H groups in total. The van der Waals surface area contributed by atoms with Gasteiger partial charge in [0.25, 0.3) is 0 Å². The Morgan fingerprint density at radius 2 is 1.83 bits per heavy atom. The van der Waals surface area contributed by atoms with Gasteiger partial charge in [-0.05, 0) is 71.2 Å². The quantitative estimate of drug-likeness (QED) is 0.794. The second-order valence-electron chi connectivity index (χ2n) is 8.35. The molecule has 0 radical (unpaired) electrons. The lowest BCUT2D eigenvalue weighted by Crippen LogP contribution is -2.49. The zero-order chi connectivity index (χ0) is 21.6. The minimum atomic E-state index is -1.05. The monoisotopic (exact) mass is 396 g/mol. The maximum atomic E-state index is 13.2. The van der Waals surface area contributed by atoms with E-state index in [1.807, 2.05) is 32.9 Å². The fourth-order valence-electron chi connectivity index (χ4n) is 3.65. The van der Waals surface area contributed by atoms with Crippen molar-refractivity contribution < 1.29 is 19.4 Å². The molecule has 2 heterocycles. The van der Waals surface area contributed by atoms with Crippen LogP contribution >= 0.6 is 0 Å². The molecule has 0 bridgehead atoms. The standard InChI is InChI=1S/C23H28N2O4/c1-8-15-9-10-16(28-21-14(3)25-13(2)12-24-21)11-17(15)18-19(26)22(4,5)29-23(6,7)20(18)27/h9-12,26H,8H2,1-7H3. The number of aliphatic hydroxyl groups excluding tert-OH is 1. The van der Waals surface area contributed by atoms with Crippen molar-refractivity contribution in [3.63, 3.8) is 0 Å². The van der Waals surface area contributed by atoms with Crippen LogP contribution in [0.1, 0.15) is 57.1 Å². The third-order valence-corrected chi connectivity index (χ3v) is 5.06. The van der Waals surface area contributed by atoms with Gasteiger partial charge in [-0.25, -0.2) is 4.98 Å². The number of aromatic nitrogens is 2. The molecule has 0 aliphatic carbocycles. The lowest BCUT2D eigenvalue weighted by molar-refractivity contribution is -0.158. The van der Waals surface area contributed by atoms with Crippen LogP contribution in [0.3, 0.4) is 0 Å². The van der Waals surface area contributed by atoms with Crippen molar-refractivity contribution in [1.29, 1.82) is 0 Å². The number of hydrogen-bond acceptors (Lipinski definition) is 6. The van der Waals surface area contributed by atoms with E-state index in [0.717, 1.165) is 11.3 Å². The third kappa shape index (κ3) is 3.90. The van der Waals surface area contributed by atoms with E-state index in [2.05, 4.69) is 9.97 Å². The van der Waals surface area contributed by atoms with Gasteiger partial charge < -0.3 is 14.6 Å². The Morgan fingerprint density at radius 3 is 2.45 bits per heavy atom. The number of rotatable bonds is 4. The molecule has 1 aromatic carbocycles. The molecule has 2 aromatic rings. The van der Waals surface area contributed by atoms with Gasteiger partial charge in [-0.2, -0.15) is 0 Å². The maximum absolute atomic E-state index is 13.2. The number of benzene rings is 1. The second-order valence-corrected chi connectivity index (χ2v) is 8.35. The van der Waals surface area contributed by atoms with Crippen LogP contribution in [0.5, 0.6) is 11.6 Å². The molecular weight excluding hydrogens is 368 g/mol. The molecule has 6 nitrogen and oxygen atoms in total. The fraction of sp³-hybridized carbons (Fsp3) is 0.435. The van der Waals surface area contributed by atoms with Crippen molar-refractivity contribution in [3.8, 4) is 11.6 Å². The molecular formula is C23H28N2O4. The lowest BCUT2D eigenvalue weighted by atomic mass is 9.81. The molecule has 3 rings (SSSR count). The van der Waals surface area contributed by atoms with Crippen molar-refractivity contribution in [3.05, 3.63) is 52.7 Å². The molecule has 0 amide bonds. The lowest BCUT2D eigenvalue weighted by Gasteiger charge is -2.40.